The van der Waals surface area contributed by atoms with Crippen molar-refractivity contribution < 1.29 is 43.7 Å². The van der Waals surface area contributed by atoms with Gasteiger partial charge in [-0.2, -0.15) is 0 Å². The minimum absolute atomic E-state index is 0.140. The molecule has 0 saturated heterocycles. The first-order chi connectivity index (χ1) is 16.0. The minimum atomic E-state index is -0.359. The van der Waals surface area contributed by atoms with E-state index in [4.69, 9.17) is 43.7 Å². The predicted octanol–water partition coefficient (Wildman–Crippen LogP) is 2.43. The average Bonchev–Trinajstić information content (AvgIpc) is 2.80. The van der Waals surface area contributed by atoms with Crippen molar-refractivity contribution >= 4 is 0 Å². The number of hydrogen-bond donors (Lipinski definition) is 3. The molecule has 0 heterocycles. The van der Waals surface area contributed by atoms with E-state index in [9.17, 15) is 0 Å². The molecule has 204 valence electrons. The Balaban J connectivity index is -0.000000409. The quantitative estimate of drug-likeness (QED) is 0.198. The average molecular weight is 487 g/mol. The van der Waals surface area contributed by atoms with Gasteiger partial charge in [0.1, 0.15) is 0 Å². The van der Waals surface area contributed by atoms with E-state index in [1.165, 1.54) is 0 Å². The summed E-state index contributed by atoms with van der Waals surface area (Å²) in [6.07, 6.45) is 3.06. The Morgan fingerprint density at radius 3 is 1.48 bits per heavy atom. The molecule has 0 aromatic heterocycles. The molecule has 0 amide bonds. The smallest absolute Gasteiger partial charge is 0.0780 e. The molecule has 2 atom stereocenters. The monoisotopic (exact) mass is 486 g/mol. The van der Waals surface area contributed by atoms with Crippen molar-refractivity contribution in [1.29, 1.82) is 0 Å². The summed E-state index contributed by atoms with van der Waals surface area (Å²) in [7, 11) is 0. The molecule has 0 bridgehead atoms. The van der Waals surface area contributed by atoms with Gasteiger partial charge in [0, 0.05) is 72.7 Å². The molecule has 0 saturated carbocycles. The van der Waals surface area contributed by atoms with E-state index in [0.717, 1.165) is 58.9 Å². The maximum atomic E-state index is 8.80. The van der Waals surface area contributed by atoms with Crippen LogP contribution in [-0.2, 0) is 28.4 Å². The van der Waals surface area contributed by atoms with Gasteiger partial charge < -0.3 is 43.7 Å². The Kier molecular flexibility index (Phi) is 40.8. The zero-order valence-electron chi connectivity index (χ0n) is 22.0. The van der Waals surface area contributed by atoms with Gasteiger partial charge in [-0.15, -0.1) is 0 Å². The van der Waals surface area contributed by atoms with Gasteiger partial charge in [0.2, 0.25) is 0 Å². The van der Waals surface area contributed by atoms with Crippen LogP contribution in [0.3, 0.4) is 0 Å². The normalized spacial score (nSPS) is 12.4. The number of hydrogen-bond acceptors (Lipinski definition) is 9. The van der Waals surface area contributed by atoms with Gasteiger partial charge in [-0.05, 0) is 60.3 Å². The van der Waals surface area contributed by atoms with E-state index in [2.05, 4.69) is 0 Å². The lowest BCUT2D eigenvalue weighted by atomic mass is 10.4. The van der Waals surface area contributed by atoms with E-state index < -0.39 is 0 Å². The van der Waals surface area contributed by atoms with Crippen molar-refractivity contribution in [2.24, 2.45) is 0 Å². The topological polar surface area (TPSA) is 116 Å². The first kappa shape index (κ1) is 37.2. The van der Waals surface area contributed by atoms with Gasteiger partial charge in [-0.3, -0.25) is 0 Å². The summed E-state index contributed by atoms with van der Waals surface area (Å²) in [5.41, 5.74) is 0. The third kappa shape index (κ3) is 45.8. The summed E-state index contributed by atoms with van der Waals surface area (Å²) in [6.45, 7) is 17.5. The highest BCUT2D eigenvalue weighted by Gasteiger charge is 2.00. The fourth-order valence-electron chi connectivity index (χ4n) is 2.02. The van der Waals surface area contributed by atoms with Crippen molar-refractivity contribution in [3.8, 4) is 0 Å². The van der Waals surface area contributed by atoms with Crippen molar-refractivity contribution in [2.75, 3.05) is 85.9 Å². The number of ether oxygens (including phenoxy) is 6. The molecule has 2 unspecified atom stereocenters. The van der Waals surface area contributed by atoms with Crippen LogP contribution in [0.15, 0.2) is 0 Å². The van der Waals surface area contributed by atoms with Gasteiger partial charge in [-0.25, -0.2) is 0 Å². The van der Waals surface area contributed by atoms with Crippen LogP contribution in [0.1, 0.15) is 60.3 Å². The van der Waals surface area contributed by atoms with Gasteiger partial charge in [0.05, 0.1) is 25.4 Å². The molecular formula is C24H54O9. The van der Waals surface area contributed by atoms with Crippen LogP contribution in [0.2, 0.25) is 0 Å². The van der Waals surface area contributed by atoms with Crippen LogP contribution in [0.5, 0.6) is 0 Å². The Hall–Kier alpha value is -0.360. The van der Waals surface area contributed by atoms with Gasteiger partial charge in [-0.1, -0.05) is 0 Å². The summed E-state index contributed by atoms with van der Waals surface area (Å²) in [5, 5.41) is 25.6. The lowest BCUT2D eigenvalue weighted by Crippen LogP contribution is -2.16. The molecule has 0 aromatic rings. The first-order valence-electron chi connectivity index (χ1n) is 12.4. The molecule has 0 fully saturated rings. The highest BCUT2D eigenvalue weighted by Crippen LogP contribution is 1.93. The Labute approximate surface area is 202 Å². The van der Waals surface area contributed by atoms with E-state index >= 15 is 0 Å². The van der Waals surface area contributed by atoms with Crippen molar-refractivity contribution in [2.45, 2.75) is 72.5 Å². The zero-order valence-corrected chi connectivity index (χ0v) is 22.0. The SMILES string of the molecule is CCOCC(C)OCCCO.CCOCCCOCC(C)O.CCOCCCOCCCO. The molecule has 9 heteroatoms. The molecule has 0 aromatic carbocycles. The fraction of sp³-hybridized carbons (Fsp3) is 1.00. The van der Waals surface area contributed by atoms with Gasteiger partial charge in [0.25, 0.3) is 0 Å². The standard InChI is InChI=1S/3C8H18O3/c1-3-10-5-4-6-11-7-8(2)9;1-3-10-7-8(2)11-6-4-5-9;1-2-10-7-4-8-11-6-3-5-9/h2*8-9H,3-7H2,1-2H3;9H,2-8H2,1H3. The Morgan fingerprint density at radius 1 is 0.545 bits per heavy atom. The first-order valence-corrected chi connectivity index (χ1v) is 12.4. The molecule has 0 rings (SSSR count). The van der Waals surface area contributed by atoms with Crippen LogP contribution in [0, 0.1) is 0 Å². The molecule has 0 aliphatic heterocycles. The molecular weight excluding hydrogens is 432 g/mol. The molecule has 0 aliphatic rings. The summed E-state index contributed by atoms with van der Waals surface area (Å²) >= 11 is 0. The highest BCUT2D eigenvalue weighted by molar-refractivity contribution is 4.46. The van der Waals surface area contributed by atoms with E-state index in [1.54, 1.807) is 6.92 Å². The molecule has 0 aliphatic carbocycles. The van der Waals surface area contributed by atoms with Crippen LogP contribution >= 0.6 is 0 Å². The van der Waals surface area contributed by atoms with Crippen molar-refractivity contribution in [3.05, 3.63) is 0 Å². The second-order valence-electron chi connectivity index (χ2n) is 7.13. The number of aliphatic hydroxyl groups excluding tert-OH is 3. The van der Waals surface area contributed by atoms with E-state index in [0.29, 0.717) is 39.5 Å². The molecule has 3 N–H and O–H groups in total. The summed E-state index contributed by atoms with van der Waals surface area (Å²) in [6, 6.07) is 0. The highest BCUT2D eigenvalue weighted by atomic mass is 16.5. The summed E-state index contributed by atoms with van der Waals surface area (Å²) in [5.74, 6) is 0. The summed E-state index contributed by atoms with van der Waals surface area (Å²) in [4.78, 5) is 0. The van der Waals surface area contributed by atoms with Crippen LogP contribution < -0.4 is 0 Å². The summed E-state index contributed by atoms with van der Waals surface area (Å²) < 4.78 is 30.9. The van der Waals surface area contributed by atoms with Crippen molar-refractivity contribution in [3.63, 3.8) is 0 Å². The fourth-order valence-corrected chi connectivity index (χ4v) is 2.02. The molecule has 9 nitrogen and oxygen atoms in total. The maximum absolute atomic E-state index is 8.80. The lowest BCUT2D eigenvalue weighted by molar-refractivity contribution is -0.00737. The molecule has 0 spiro atoms. The van der Waals surface area contributed by atoms with Crippen LogP contribution in [-0.4, -0.2) is 113 Å². The number of aliphatic hydroxyl groups is 3. The Morgan fingerprint density at radius 2 is 1.00 bits per heavy atom. The molecule has 33 heavy (non-hydrogen) atoms. The zero-order chi connectivity index (χ0) is 25.4. The second kappa shape index (κ2) is 36.2. The van der Waals surface area contributed by atoms with Gasteiger partial charge in [0.15, 0.2) is 0 Å². The molecule has 0 radical (unpaired) electrons. The Bertz CT molecular complexity index is 300. The van der Waals surface area contributed by atoms with Gasteiger partial charge >= 0.3 is 0 Å². The lowest BCUT2D eigenvalue weighted by Gasteiger charge is -2.11. The minimum Gasteiger partial charge on any atom is -0.396 e. The van der Waals surface area contributed by atoms with Crippen LogP contribution in [0.25, 0.3) is 0 Å². The van der Waals surface area contributed by atoms with E-state index in [-0.39, 0.29) is 25.4 Å². The third-order valence-corrected chi connectivity index (χ3v) is 3.63. The van der Waals surface area contributed by atoms with Crippen molar-refractivity contribution in [1.82, 2.24) is 0 Å². The maximum Gasteiger partial charge on any atom is 0.0780 e. The van der Waals surface area contributed by atoms with E-state index in [1.807, 2.05) is 27.7 Å². The van der Waals surface area contributed by atoms with Crippen LogP contribution in [0.4, 0.5) is 0 Å². The largest absolute Gasteiger partial charge is 0.396 e. The second-order valence-corrected chi connectivity index (χ2v) is 7.13. The predicted molar refractivity (Wildman–Crippen MR) is 131 cm³/mol. The number of rotatable bonds is 22. The third-order valence-electron chi connectivity index (χ3n) is 3.63.